The van der Waals surface area contributed by atoms with Crippen LogP contribution in [0.2, 0.25) is 5.15 Å². The molecule has 0 bridgehead atoms. The predicted molar refractivity (Wildman–Crippen MR) is 85.6 cm³/mol. The van der Waals surface area contributed by atoms with Gasteiger partial charge in [0.2, 0.25) is 0 Å². The van der Waals surface area contributed by atoms with Crippen LogP contribution in [0.3, 0.4) is 0 Å². The van der Waals surface area contributed by atoms with Crippen molar-refractivity contribution in [2.45, 2.75) is 13.3 Å². The first kappa shape index (κ1) is 15.4. The third-order valence-corrected chi connectivity index (χ3v) is 3.15. The highest BCUT2D eigenvalue weighted by molar-refractivity contribution is 6.29. The van der Waals surface area contributed by atoms with Crippen LogP contribution in [0.4, 0.5) is 0 Å². The molecule has 0 saturated carbocycles. The van der Waals surface area contributed by atoms with E-state index in [-0.39, 0.29) is 6.61 Å². The van der Waals surface area contributed by atoms with Crippen molar-refractivity contribution >= 4 is 33.9 Å². The summed E-state index contributed by atoms with van der Waals surface area (Å²) in [6.07, 6.45) is 4.15. The molecule has 0 aliphatic heterocycles. The number of fused-ring (bicyclic) bond motifs is 1. The van der Waals surface area contributed by atoms with Crippen molar-refractivity contribution in [3.63, 3.8) is 0 Å². The predicted octanol–water partition coefficient (Wildman–Crippen LogP) is 2.64. The number of aromatic nitrogens is 2. The van der Waals surface area contributed by atoms with Crippen LogP contribution in [0, 0.1) is 5.41 Å². The lowest BCUT2D eigenvalue weighted by Crippen LogP contribution is -2.11. The molecule has 0 atom stereocenters. The van der Waals surface area contributed by atoms with Crippen LogP contribution in [-0.2, 0) is 0 Å². The molecule has 2 rings (SSSR count). The third kappa shape index (κ3) is 4.00. The van der Waals surface area contributed by atoms with Crippen molar-refractivity contribution in [2.24, 2.45) is 0 Å². The van der Waals surface area contributed by atoms with E-state index < -0.39 is 0 Å². The Kier molecular flexibility index (Phi) is 5.25. The maximum atomic E-state index is 8.77. The molecule has 21 heavy (non-hydrogen) atoms. The lowest BCUT2D eigenvalue weighted by atomic mass is 10.0. The molecule has 3 N–H and O–H groups in total. The van der Waals surface area contributed by atoms with Crippen molar-refractivity contribution in [1.82, 2.24) is 15.3 Å². The minimum Gasteiger partial charge on any atom is -0.396 e. The Morgan fingerprint density at radius 3 is 2.95 bits per heavy atom. The number of allylic oxidation sites excluding steroid dienone is 1. The van der Waals surface area contributed by atoms with Gasteiger partial charge in [0.15, 0.2) is 0 Å². The summed E-state index contributed by atoms with van der Waals surface area (Å²) in [4.78, 5) is 8.58. The van der Waals surface area contributed by atoms with Crippen LogP contribution in [0.1, 0.15) is 18.9 Å². The van der Waals surface area contributed by atoms with Gasteiger partial charge in [-0.05, 0) is 31.5 Å². The summed E-state index contributed by atoms with van der Waals surface area (Å²) >= 11 is 5.90. The number of aliphatic hydroxyl groups excluding tert-OH is 1. The van der Waals surface area contributed by atoms with Gasteiger partial charge >= 0.3 is 0 Å². The maximum absolute atomic E-state index is 8.77. The SMILES string of the molecule is CC(=N)/C(=C\NCCCO)c1cnc2ccc(Cl)nc2c1. The number of rotatable bonds is 6. The Labute approximate surface area is 128 Å². The van der Waals surface area contributed by atoms with E-state index in [1.54, 1.807) is 25.4 Å². The molecule has 0 unspecified atom stereocenters. The van der Waals surface area contributed by atoms with Gasteiger partial charge in [-0.25, -0.2) is 4.98 Å². The fourth-order valence-electron chi connectivity index (χ4n) is 1.89. The topological polar surface area (TPSA) is 81.9 Å². The highest BCUT2D eigenvalue weighted by Gasteiger charge is 2.07. The van der Waals surface area contributed by atoms with Gasteiger partial charge in [0, 0.05) is 42.4 Å². The van der Waals surface area contributed by atoms with Crippen LogP contribution >= 0.6 is 11.6 Å². The van der Waals surface area contributed by atoms with E-state index >= 15 is 0 Å². The number of pyridine rings is 2. The fourth-order valence-corrected chi connectivity index (χ4v) is 2.05. The van der Waals surface area contributed by atoms with E-state index in [0.29, 0.717) is 29.3 Å². The number of nitrogens with zero attached hydrogens (tertiary/aromatic N) is 2. The van der Waals surface area contributed by atoms with E-state index in [2.05, 4.69) is 15.3 Å². The number of halogens is 1. The molecular formula is C15H17ClN4O. The van der Waals surface area contributed by atoms with E-state index in [9.17, 15) is 0 Å². The standard InChI is InChI=1S/C15H17ClN4O/c1-10(17)12(9-18-5-2-6-21)11-7-14-13(19-8-11)3-4-15(16)20-14/h3-4,7-9,17-18,21H,2,5-6H2,1H3/b12-9+,17-10?. The average Bonchev–Trinajstić information content (AvgIpc) is 2.46. The molecule has 110 valence electrons. The Bertz CT molecular complexity index is 684. The zero-order valence-corrected chi connectivity index (χ0v) is 12.5. The number of hydrogen-bond acceptors (Lipinski definition) is 5. The second-order valence-electron chi connectivity index (χ2n) is 4.61. The van der Waals surface area contributed by atoms with Crippen LogP contribution < -0.4 is 5.32 Å². The molecule has 2 aromatic heterocycles. The summed E-state index contributed by atoms with van der Waals surface area (Å²) in [6.45, 7) is 2.51. The second kappa shape index (κ2) is 7.15. The molecule has 2 aromatic rings. The summed E-state index contributed by atoms with van der Waals surface area (Å²) in [7, 11) is 0. The van der Waals surface area contributed by atoms with Crippen molar-refractivity contribution in [3.05, 3.63) is 41.3 Å². The van der Waals surface area contributed by atoms with Crippen molar-refractivity contribution in [2.75, 3.05) is 13.2 Å². The van der Waals surface area contributed by atoms with Gasteiger partial charge in [-0.1, -0.05) is 11.6 Å². The van der Waals surface area contributed by atoms with Crippen LogP contribution in [0.25, 0.3) is 16.6 Å². The first-order chi connectivity index (χ1) is 10.1. The van der Waals surface area contributed by atoms with Crippen LogP contribution in [-0.4, -0.2) is 33.9 Å². The van der Waals surface area contributed by atoms with Gasteiger partial charge in [-0.2, -0.15) is 0 Å². The molecule has 5 nitrogen and oxygen atoms in total. The molecule has 0 saturated heterocycles. The molecular weight excluding hydrogens is 288 g/mol. The van der Waals surface area contributed by atoms with Gasteiger partial charge in [-0.3, -0.25) is 4.98 Å². The Morgan fingerprint density at radius 2 is 2.24 bits per heavy atom. The second-order valence-corrected chi connectivity index (χ2v) is 5.00. The Morgan fingerprint density at radius 1 is 1.43 bits per heavy atom. The molecule has 0 aliphatic carbocycles. The number of hydrogen-bond donors (Lipinski definition) is 3. The van der Waals surface area contributed by atoms with E-state index in [0.717, 1.165) is 16.7 Å². The van der Waals surface area contributed by atoms with Crippen LogP contribution in [0.15, 0.2) is 30.6 Å². The summed E-state index contributed by atoms with van der Waals surface area (Å²) in [5.41, 5.74) is 3.43. The van der Waals surface area contributed by atoms with Gasteiger partial charge in [0.25, 0.3) is 0 Å². The normalized spacial score (nSPS) is 11.7. The highest BCUT2D eigenvalue weighted by atomic mass is 35.5. The zero-order valence-electron chi connectivity index (χ0n) is 11.7. The average molecular weight is 305 g/mol. The molecule has 6 heteroatoms. The molecule has 0 aliphatic rings. The largest absolute Gasteiger partial charge is 0.396 e. The first-order valence-corrected chi connectivity index (χ1v) is 7.02. The zero-order chi connectivity index (χ0) is 15.2. The van der Waals surface area contributed by atoms with E-state index in [1.165, 1.54) is 0 Å². The monoisotopic (exact) mass is 304 g/mol. The highest BCUT2D eigenvalue weighted by Crippen LogP contribution is 2.20. The summed E-state index contributed by atoms with van der Waals surface area (Å²) in [5.74, 6) is 0. The lowest BCUT2D eigenvalue weighted by molar-refractivity contribution is 0.288. The molecule has 0 aromatic carbocycles. The summed E-state index contributed by atoms with van der Waals surface area (Å²) in [6, 6.07) is 5.38. The molecule has 0 spiro atoms. The molecule has 0 amide bonds. The van der Waals surface area contributed by atoms with Gasteiger partial charge in [0.1, 0.15) is 5.15 Å². The van der Waals surface area contributed by atoms with E-state index in [4.69, 9.17) is 22.1 Å². The molecule has 0 fully saturated rings. The minimum absolute atomic E-state index is 0.139. The van der Waals surface area contributed by atoms with Crippen molar-refractivity contribution < 1.29 is 5.11 Å². The molecule has 2 heterocycles. The number of aliphatic hydroxyl groups is 1. The molecule has 0 radical (unpaired) electrons. The van der Waals surface area contributed by atoms with Gasteiger partial charge < -0.3 is 15.8 Å². The minimum atomic E-state index is 0.139. The third-order valence-electron chi connectivity index (χ3n) is 2.94. The first-order valence-electron chi connectivity index (χ1n) is 6.64. The van der Waals surface area contributed by atoms with Crippen molar-refractivity contribution in [3.8, 4) is 0 Å². The summed E-state index contributed by atoms with van der Waals surface area (Å²) in [5, 5.41) is 20.2. The quantitative estimate of drug-likeness (QED) is 0.435. The Balaban J connectivity index is 2.33. The smallest absolute Gasteiger partial charge is 0.129 e. The summed E-state index contributed by atoms with van der Waals surface area (Å²) < 4.78 is 0. The fraction of sp³-hybridized carbons (Fsp3) is 0.267. The number of nitrogens with one attached hydrogen (secondary N) is 2. The lowest BCUT2D eigenvalue weighted by Gasteiger charge is -2.08. The Hall–Kier alpha value is -1.98. The maximum Gasteiger partial charge on any atom is 0.129 e. The van der Waals surface area contributed by atoms with E-state index in [1.807, 2.05) is 12.1 Å². The van der Waals surface area contributed by atoms with Crippen LogP contribution in [0.5, 0.6) is 0 Å². The van der Waals surface area contributed by atoms with Gasteiger partial charge in [-0.15, -0.1) is 0 Å². The van der Waals surface area contributed by atoms with Crippen molar-refractivity contribution in [1.29, 1.82) is 5.41 Å². The van der Waals surface area contributed by atoms with Gasteiger partial charge in [0.05, 0.1) is 11.0 Å².